The molecule has 2 aliphatic rings. The molecule has 188 valence electrons. The lowest BCUT2D eigenvalue weighted by Gasteiger charge is -2.34. The highest BCUT2D eigenvalue weighted by Crippen LogP contribution is 2.35. The van der Waals surface area contributed by atoms with E-state index in [1.54, 1.807) is 25.1 Å². The fourth-order valence-corrected chi connectivity index (χ4v) is 6.94. The van der Waals surface area contributed by atoms with Gasteiger partial charge in [0, 0.05) is 30.4 Å². The molecule has 0 unspecified atom stereocenters. The minimum Gasteiger partial charge on any atom is -0.355 e. The number of sulfonamides is 1. The molecule has 0 bridgehead atoms. The monoisotopic (exact) mass is 509 g/mol. The van der Waals surface area contributed by atoms with E-state index < -0.39 is 21.8 Å². The summed E-state index contributed by atoms with van der Waals surface area (Å²) >= 11 is 0. The average molecular weight is 510 g/mol. The van der Waals surface area contributed by atoms with Crippen LogP contribution in [0.2, 0.25) is 0 Å². The maximum Gasteiger partial charge on any atom is 0.248 e. The number of benzene rings is 2. The molecule has 7 nitrogen and oxygen atoms in total. The SMILES string of the molecule is Cc1noc(/C=C/c2ccccc2F)c1S(=O)(=O)N1CCC[C@@H](C(=O)N2c3ccccc3C[C@H]2C)C1. The summed E-state index contributed by atoms with van der Waals surface area (Å²) in [5, 5.41) is 3.86. The first kappa shape index (κ1) is 24.4. The minimum atomic E-state index is -4.00. The molecule has 1 saturated heterocycles. The zero-order valence-corrected chi connectivity index (χ0v) is 21.0. The fraction of sp³-hybridized carbons (Fsp3) is 0.333. The summed E-state index contributed by atoms with van der Waals surface area (Å²) in [7, 11) is -4.00. The van der Waals surface area contributed by atoms with Crippen molar-refractivity contribution in [3.8, 4) is 0 Å². The Bertz CT molecular complexity index is 1430. The molecule has 0 saturated carbocycles. The van der Waals surface area contributed by atoms with Crippen LogP contribution in [0.5, 0.6) is 0 Å². The summed E-state index contributed by atoms with van der Waals surface area (Å²) in [6.45, 7) is 3.98. The third-order valence-electron chi connectivity index (χ3n) is 6.93. The van der Waals surface area contributed by atoms with Gasteiger partial charge in [-0.2, -0.15) is 4.31 Å². The third kappa shape index (κ3) is 4.37. The maximum atomic E-state index is 14.0. The molecule has 0 spiro atoms. The molecule has 3 heterocycles. The quantitative estimate of drug-likeness (QED) is 0.499. The van der Waals surface area contributed by atoms with Gasteiger partial charge >= 0.3 is 0 Å². The number of anilines is 1. The van der Waals surface area contributed by atoms with E-state index in [-0.39, 0.29) is 34.8 Å². The van der Waals surface area contributed by atoms with Crippen LogP contribution in [0.1, 0.15) is 42.3 Å². The van der Waals surface area contributed by atoms with Gasteiger partial charge in [-0.1, -0.05) is 41.6 Å². The van der Waals surface area contributed by atoms with Crippen molar-refractivity contribution in [1.29, 1.82) is 0 Å². The van der Waals surface area contributed by atoms with Gasteiger partial charge in [0.25, 0.3) is 0 Å². The van der Waals surface area contributed by atoms with Crippen LogP contribution in [0.25, 0.3) is 12.2 Å². The first-order valence-corrected chi connectivity index (χ1v) is 13.5. The van der Waals surface area contributed by atoms with Crippen LogP contribution in [0, 0.1) is 18.7 Å². The molecule has 5 rings (SSSR count). The van der Waals surface area contributed by atoms with Crippen LogP contribution >= 0.6 is 0 Å². The largest absolute Gasteiger partial charge is 0.355 e. The van der Waals surface area contributed by atoms with Crippen molar-refractivity contribution in [2.45, 2.75) is 44.0 Å². The van der Waals surface area contributed by atoms with Crippen molar-refractivity contribution in [2.75, 3.05) is 18.0 Å². The Kier molecular flexibility index (Phi) is 6.53. The molecule has 2 aromatic carbocycles. The smallest absolute Gasteiger partial charge is 0.248 e. The van der Waals surface area contributed by atoms with Crippen LogP contribution in [0.15, 0.2) is 57.9 Å². The first-order valence-electron chi connectivity index (χ1n) is 12.1. The average Bonchev–Trinajstić information content (AvgIpc) is 3.42. The van der Waals surface area contributed by atoms with Gasteiger partial charge in [-0.25, -0.2) is 12.8 Å². The number of amides is 1. The minimum absolute atomic E-state index is 0.0253. The molecular formula is C27H28FN3O4S. The summed E-state index contributed by atoms with van der Waals surface area (Å²) in [5.74, 6) is -0.885. The highest BCUT2D eigenvalue weighted by molar-refractivity contribution is 7.89. The second kappa shape index (κ2) is 9.63. The predicted octanol–water partition coefficient (Wildman–Crippen LogP) is 4.67. The molecule has 0 N–H and O–H groups in total. The van der Waals surface area contributed by atoms with Gasteiger partial charge in [0.1, 0.15) is 11.5 Å². The Morgan fingerprint density at radius 2 is 1.89 bits per heavy atom. The normalized spacial score (nSPS) is 20.7. The number of piperidine rings is 1. The summed E-state index contributed by atoms with van der Waals surface area (Å²) in [6, 6.07) is 14.1. The summed E-state index contributed by atoms with van der Waals surface area (Å²) < 4.78 is 48.1. The van der Waals surface area contributed by atoms with Gasteiger partial charge in [0.2, 0.25) is 15.9 Å². The van der Waals surface area contributed by atoms with Crippen LogP contribution in [-0.4, -0.2) is 42.9 Å². The number of aryl methyl sites for hydroxylation is 1. The van der Waals surface area contributed by atoms with Crippen LogP contribution in [0.4, 0.5) is 10.1 Å². The van der Waals surface area contributed by atoms with Gasteiger partial charge in [-0.3, -0.25) is 4.79 Å². The molecule has 3 aromatic rings. The lowest BCUT2D eigenvalue weighted by atomic mass is 9.97. The molecule has 1 aromatic heterocycles. The van der Waals surface area contributed by atoms with Crippen molar-refractivity contribution in [3.63, 3.8) is 0 Å². The number of nitrogens with zero attached hydrogens (tertiary/aromatic N) is 3. The van der Waals surface area contributed by atoms with Crippen molar-refractivity contribution < 1.29 is 22.1 Å². The number of para-hydroxylation sites is 1. The Labute approximate surface area is 210 Å². The van der Waals surface area contributed by atoms with Gasteiger partial charge in [0.05, 0.1) is 5.92 Å². The first-order chi connectivity index (χ1) is 17.3. The second-order valence-electron chi connectivity index (χ2n) is 9.41. The Morgan fingerprint density at radius 1 is 1.14 bits per heavy atom. The van der Waals surface area contributed by atoms with Crippen LogP contribution < -0.4 is 4.90 Å². The number of carbonyl (C=O) groups excluding carboxylic acids is 1. The fourth-order valence-electron chi connectivity index (χ4n) is 5.16. The zero-order valence-electron chi connectivity index (χ0n) is 20.2. The number of rotatable bonds is 5. The maximum absolute atomic E-state index is 14.0. The highest BCUT2D eigenvalue weighted by Gasteiger charge is 2.40. The molecule has 9 heteroatoms. The van der Waals surface area contributed by atoms with Crippen molar-refractivity contribution >= 4 is 33.8 Å². The standard InChI is InChI=1S/C27H28FN3O4S/c1-18-16-21-9-4-6-12-24(21)31(18)27(32)22-10-7-15-30(17-22)36(33,34)26-19(2)29-35-25(26)14-13-20-8-3-5-11-23(20)28/h3-6,8-9,11-14,18,22H,7,10,15-17H2,1-2H3/b14-13+/t18-,22-/m1/s1. The van der Waals surface area contributed by atoms with Crippen molar-refractivity contribution in [3.05, 3.63) is 76.9 Å². The van der Waals surface area contributed by atoms with E-state index in [2.05, 4.69) is 5.16 Å². The van der Waals surface area contributed by atoms with Gasteiger partial charge < -0.3 is 9.42 Å². The van der Waals surface area contributed by atoms with E-state index in [4.69, 9.17) is 4.52 Å². The molecule has 0 radical (unpaired) electrons. The number of fused-ring (bicyclic) bond motifs is 1. The van der Waals surface area contributed by atoms with E-state index in [1.165, 1.54) is 22.5 Å². The summed E-state index contributed by atoms with van der Waals surface area (Å²) in [5.41, 5.74) is 2.56. The number of hydrogen-bond donors (Lipinski definition) is 0. The van der Waals surface area contributed by atoms with Gasteiger partial charge in [-0.15, -0.1) is 0 Å². The van der Waals surface area contributed by atoms with Crippen LogP contribution in [0.3, 0.4) is 0 Å². The molecular weight excluding hydrogens is 481 g/mol. The van der Waals surface area contributed by atoms with Gasteiger partial charge in [0.15, 0.2) is 10.7 Å². The Hall–Kier alpha value is -3.30. The summed E-state index contributed by atoms with van der Waals surface area (Å²) in [6.07, 6.45) is 4.86. The molecule has 2 aliphatic heterocycles. The van der Waals surface area contributed by atoms with Gasteiger partial charge in [-0.05, 0) is 63.0 Å². The summed E-state index contributed by atoms with van der Waals surface area (Å²) in [4.78, 5) is 15.4. The topological polar surface area (TPSA) is 83.7 Å². The van der Waals surface area contributed by atoms with E-state index in [0.717, 1.165) is 17.7 Å². The van der Waals surface area contributed by atoms with E-state index in [0.29, 0.717) is 24.9 Å². The molecule has 1 fully saturated rings. The Balaban J connectivity index is 1.40. The number of halogens is 1. The zero-order chi connectivity index (χ0) is 25.4. The number of hydrogen-bond acceptors (Lipinski definition) is 5. The highest BCUT2D eigenvalue weighted by atomic mass is 32.2. The lowest BCUT2D eigenvalue weighted by Crippen LogP contribution is -2.48. The lowest BCUT2D eigenvalue weighted by molar-refractivity contribution is -0.123. The van der Waals surface area contributed by atoms with Crippen molar-refractivity contribution in [2.24, 2.45) is 5.92 Å². The van der Waals surface area contributed by atoms with E-state index >= 15 is 0 Å². The van der Waals surface area contributed by atoms with E-state index in [9.17, 15) is 17.6 Å². The third-order valence-corrected chi connectivity index (χ3v) is 8.95. The van der Waals surface area contributed by atoms with Crippen LogP contribution in [-0.2, 0) is 21.2 Å². The predicted molar refractivity (Wildman–Crippen MR) is 135 cm³/mol. The van der Waals surface area contributed by atoms with Crippen molar-refractivity contribution in [1.82, 2.24) is 9.46 Å². The van der Waals surface area contributed by atoms with E-state index in [1.807, 2.05) is 36.1 Å². The molecule has 36 heavy (non-hydrogen) atoms. The molecule has 2 atom stereocenters. The second-order valence-corrected chi connectivity index (χ2v) is 11.3. The number of carbonyl (C=O) groups is 1. The molecule has 0 aliphatic carbocycles. The number of aromatic nitrogens is 1. The Morgan fingerprint density at radius 3 is 2.69 bits per heavy atom. The molecule has 1 amide bonds.